The highest BCUT2D eigenvalue weighted by Gasteiger charge is 2.16. The van der Waals surface area contributed by atoms with Crippen LogP contribution in [0, 0.1) is 11.3 Å². The van der Waals surface area contributed by atoms with Crippen LogP contribution in [0.4, 0.5) is 5.82 Å². The number of benzene rings is 2. The molecule has 0 unspecified atom stereocenters. The maximum absolute atomic E-state index is 9.38. The standard InChI is InChI=1S/C18H17N5O/c1-22(13-14-7-4-3-5-8-14)18-17(12-19)20-23(21-18)15-9-6-10-16(11-15)24-2/h3-11H,13H2,1-2H3. The van der Waals surface area contributed by atoms with E-state index in [0.29, 0.717) is 18.1 Å². The van der Waals surface area contributed by atoms with Gasteiger partial charge in [-0.2, -0.15) is 5.26 Å². The van der Waals surface area contributed by atoms with Gasteiger partial charge in [-0.05, 0) is 17.7 Å². The van der Waals surface area contributed by atoms with Crippen LogP contribution in [0.25, 0.3) is 5.69 Å². The highest BCUT2D eigenvalue weighted by Crippen LogP contribution is 2.20. The van der Waals surface area contributed by atoms with Crippen molar-refractivity contribution in [2.45, 2.75) is 6.54 Å². The Balaban J connectivity index is 1.91. The fraction of sp³-hybridized carbons (Fsp3) is 0.167. The molecule has 0 bridgehead atoms. The second kappa shape index (κ2) is 6.84. The summed E-state index contributed by atoms with van der Waals surface area (Å²) in [4.78, 5) is 3.37. The Morgan fingerprint density at radius 1 is 1.12 bits per heavy atom. The van der Waals surface area contributed by atoms with Crippen LogP contribution in [0.5, 0.6) is 5.75 Å². The molecule has 6 nitrogen and oxygen atoms in total. The number of hydrogen-bond donors (Lipinski definition) is 0. The third-order valence-electron chi connectivity index (χ3n) is 3.61. The van der Waals surface area contributed by atoms with Crippen LogP contribution >= 0.6 is 0 Å². The average molecular weight is 319 g/mol. The molecule has 0 aliphatic heterocycles. The van der Waals surface area contributed by atoms with Gasteiger partial charge in [-0.15, -0.1) is 15.0 Å². The predicted molar refractivity (Wildman–Crippen MR) is 91.2 cm³/mol. The first-order valence-electron chi connectivity index (χ1n) is 7.48. The minimum atomic E-state index is 0.288. The summed E-state index contributed by atoms with van der Waals surface area (Å²) in [5.74, 6) is 1.26. The highest BCUT2D eigenvalue weighted by molar-refractivity contribution is 5.50. The van der Waals surface area contributed by atoms with Gasteiger partial charge in [0.15, 0.2) is 5.82 Å². The van der Waals surface area contributed by atoms with Gasteiger partial charge >= 0.3 is 0 Å². The van der Waals surface area contributed by atoms with Crippen molar-refractivity contribution >= 4 is 5.82 Å². The molecule has 0 aliphatic rings. The predicted octanol–water partition coefficient (Wildman–Crippen LogP) is 2.78. The third kappa shape index (κ3) is 3.20. The minimum absolute atomic E-state index is 0.288. The van der Waals surface area contributed by atoms with E-state index in [1.807, 2.05) is 66.5 Å². The summed E-state index contributed by atoms with van der Waals surface area (Å²) in [7, 11) is 3.50. The summed E-state index contributed by atoms with van der Waals surface area (Å²) in [5, 5.41) is 18.1. The van der Waals surface area contributed by atoms with Gasteiger partial charge in [-0.1, -0.05) is 36.4 Å². The summed E-state index contributed by atoms with van der Waals surface area (Å²) in [5.41, 5.74) is 2.17. The van der Waals surface area contributed by atoms with Crippen LogP contribution in [-0.4, -0.2) is 29.2 Å². The molecule has 0 amide bonds. The van der Waals surface area contributed by atoms with E-state index in [2.05, 4.69) is 16.3 Å². The number of aromatic nitrogens is 3. The Kier molecular flexibility index (Phi) is 4.43. The maximum Gasteiger partial charge on any atom is 0.207 e. The Morgan fingerprint density at radius 2 is 1.92 bits per heavy atom. The Hall–Kier alpha value is -3.33. The number of nitrogens with zero attached hydrogens (tertiary/aromatic N) is 5. The zero-order valence-corrected chi connectivity index (χ0v) is 13.5. The Morgan fingerprint density at radius 3 is 2.62 bits per heavy atom. The van der Waals surface area contributed by atoms with Crippen LogP contribution in [-0.2, 0) is 6.54 Å². The summed E-state index contributed by atoms with van der Waals surface area (Å²) in [6.07, 6.45) is 0. The van der Waals surface area contributed by atoms with Crippen molar-refractivity contribution in [3.8, 4) is 17.5 Å². The monoisotopic (exact) mass is 319 g/mol. The summed E-state index contributed by atoms with van der Waals surface area (Å²) >= 11 is 0. The van der Waals surface area contributed by atoms with Crippen molar-refractivity contribution in [2.75, 3.05) is 19.1 Å². The van der Waals surface area contributed by atoms with Crippen molar-refractivity contribution in [3.63, 3.8) is 0 Å². The van der Waals surface area contributed by atoms with Gasteiger partial charge < -0.3 is 9.64 Å². The van der Waals surface area contributed by atoms with Gasteiger partial charge in [0.1, 0.15) is 11.8 Å². The topological polar surface area (TPSA) is 67.0 Å². The summed E-state index contributed by atoms with van der Waals surface area (Å²) < 4.78 is 5.22. The first-order chi connectivity index (χ1) is 11.7. The summed E-state index contributed by atoms with van der Waals surface area (Å²) in [6.45, 7) is 0.645. The molecule has 0 N–H and O–H groups in total. The molecule has 0 saturated carbocycles. The van der Waals surface area contributed by atoms with Crippen molar-refractivity contribution < 1.29 is 4.74 Å². The van der Waals surface area contributed by atoms with Crippen molar-refractivity contribution in [3.05, 3.63) is 65.9 Å². The van der Waals surface area contributed by atoms with Crippen LogP contribution in [0.2, 0.25) is 0 Å². The van der Waals surface area contributed by atoms with E-state index in [0.717, 1.165) is 11.3 Å². The molecule has 1 aromatic heterocycles. The molecular formula is C18H17N5O. The minimum Gasteiger partial charge on any atom is -0.497 e. The lowest BCUT2D eigenvalue weighted by Crippen LogP contribution is -2.18. The molecule has 0 saturated heterocycles. The van der Waals surface area contributed by atoms with E-state index >= 15 is 0 Å². The molecule has 24 heavy (non-hydrogen) atoms. The molecule has 0 fully saturated rings. The normalized spacial score (nSPS) is 10.2. The van der Waals surface area contributed by atoms with Crippen LogP contribution in [0.3, 0.4) is 0 Å². The molecule has 2 aromatic carbocycles. The van der Waals surface area contributed by atoms with Crippen LogP contribution in [0.15, 0.2) is 54.6 Å². The van der Waals surface area contributed by atoms with Gasteiger partial charge in [0.25, 0.3) is 0 Å². The van der Waals surface area contributed by atoms with E-state index in [1.54, 1.807) is 7.11 Å². The lowest BCUT2D eigenvalue weighted by Gasteiger charge is -2.15. The fourth-order valence-electron chi connectivity index (χ4n) is 2.41. The zero-order chi connectivity index (χ0) is 16.9. The van der Waals surface area contributed by atoms with Gasteiger partial charge in [0.2, 0.25) is 5.69 Å². The zero-order valence-electron chi connectivity index (χ0n) is 13.5. The van der Waals surface area contributed by atoms with Crippen LogP contribution < -0.4 is 9.64 Å². The van der Waals surface area contributed by atoms with Gasteiger partial charge in [0.05, 0.1) is 12.8 Å². The lowest BCUT2D eigenvalue weighted by atomic mass is 10.2. The summed E-state index contributed by atoms with van der Waals surface area (Å²) in [6, 6.07) is 19.5. The van der Waals surface area contributed by atoms with Gasteiger partial charge in [-0.3, -0.25) is 0 Å². The molecular weight excluding hydrogens is 302 g/mol. The molecule has 0 radical (unpaired) electrons. The molecule has 3 rings (SSSR count). The van der Waals surface area contributed by atoms with Gasteiger partial charge in [-0.25, -0.2) is 0 Å². The molecule has 0 aliphatic carbocycles. The Bertz CT molecular complexity index is 867. The number of rotatable bonds is 5. The van der Waals surface area contributed by atoms with Crippen molar-refractivity contribution in [1.82, 2.24) is 15.0 Å². The number of anilines is 1. The van der Waals surface area contributed by atoms with Crippen molar-refractivity contribution in [1.29, 1.82) is 5.26 Å². The van der Waals surface area contributed by atoms with Gasteiger partial charge in [0, 0.05) is 19.7 Å². The van der Waals surface area contributed by atoms with Crippen molar-refractivity contribution in [2.24, 2.45) is 0 Å². The quantitative estimate of drug-likeness (QED) is 0.723. The smallest absolute Gasteiger partial charge is 0.207 e. The number of ether oxygens (including phenoxy) is 1. The number of nitriles is 1. The third-order valence-corrected chi connectivity index (χ3v) is 3.61. The first-order valence-corrected chi connectivity index (χ1v) is 7.48. The Labute approximate surface area is 140 Å². The average Bonchev–Trinajstić information content (AvgIpc) is 3.07. The first kappa shape index (κ1) is 15.6. The fourth-order valence-corrected chi connectivity index (χ4v) is 2.41. The molecule has 3 aromatic rings. The number of hydrogen-bond acceptors (Lipinski definition) is 5. The van der Waals surface area contributed by atoms with E-state index in [4.69, 9.17) is 4.74 Å². The van der Waals surface area contributed by atoms with E-state index < -0.39 is 0 Å². The molecule has 1 heterocycles. The molecule has 0 atom stereocenters. The molecule has 0 spiro atoms. The SMILES string of the molecule is COc1cccc(-n2nc(C#N)c(N(C)Cc3ccccc3)n2)c1. The van der Waals surface area contributed by atoms with E-state index in [1.165, 1.54) is 4.80 Å². The highest BCUT2D eigenvalue weighted by atomic mass is 16.5. The second-order valence-electron chi connectivity index (χ2n) is 5.32. The maximum atomic E-state index is 9.38. The van der Waals surface area contributed by atoms with E-state index in [9.17, 15) is 5.26 Å². The largest absolute Gasteiger partial charge is 0.497 e. The molecule has 6 heteroatoms. The van der Waals surface area contributed by atoms with E-state index in [-0.39, 0.29) is 5.69 Å². The lowest BCUT2D eigenvalue weighted by molar-refractivity contribution is 0.414. The molecule has 120 valence electrons. The second-order valence-corrected chi connectivity index (χ2v) is 5.32. The van der Waals surface area contributed by atoms with Crippen LogP contribution in [0.1, 0.15) is 11.3 Å². The number of methoxy groups -OCH3 is 1.